The van der Waals surface area contributed by atoms with Crippen LogP contribution >= 0.6 is 0 Å². The molecule has 0 N–H and O–H groups in total. The monoisotopic (exact) mass is 528 g/mol. The Labute approximate surface area is 217 Å². The summed E-state index contributed by atoms with van der Waals surface area (Å²) in [6, 6.07) is 5.01. The summed E-state index contributed by atoms with van der Waals surface area (Å²) in [4.78, 5) is 0. The molecule has 37 heavy (non-hydrogen) atoms. The summed E-state index contributed by atoms with van der Waals surface area (Å²) in [6.45, 7) is 2.35. The second-order valence-electron chi connectivity index (χ2n) is 10.7. The summed E-state index contributed by atoms with van der Waals surface area (Å²) >= 11 is 0. The molecule has 4 aliphatic rings. The van der Waals surface area contributed by atoms with Gasteiger partial charge in [0.1, 0.15) is 12.4 Å². The molecule has 3 heterocycles. The highest BCUT2D eigenvalue weighted by Gasteiger charge is 2.47. The third-order valence-electron chi connectivity index (χ3n) is 8.12. The number of fused-ring (bicyclic) bond motifs is 1. The van der Waals surface area contributed by atoms with Gasteiger partial charge in [0.15, 0.2) is 12.6 Å². The van der Waals surface area contributed by atoms with E-state index in [1.165, 1.54) is 6.07 Å². The molecule has 7 atom stereocenters. The summed E-state index contributed by atoms with van der Waals surface area (Å²) in [5.41, 5.74) is -0.721. The van der Waals surface area contributed by atoms with Crippen molar-refractivity contribution in [2.45, 2.75) is 101 Å². The van der Waals surface area contributed by atoms with Crippen LogP contribution in [0.1, 0.15) is 69.8 Å². The molecule has 0 bridgehead atoms. The first-order chi connectivity index (χ1) is 18.0. The van der Waals surface area contributed by atoms with Gasteiger partial charge in [-0.25, -0.2) is 0 Å². The lowest BCUT2D eigenvalue weighted by Gasteiger charge is -2.32. The number of hydrogen-bond acceptors (Lipinski definition) is 6. The molecular formula is C28H39F3O6. The zero-order valence-corrected chi connectivity index (χ0v) is 21.3. The van der Waals surface area contributed by atoms with E-state index >= 15 is 0 Å². The normalized spacial score (nSPS) is 33.3. The second kappa shape index (κ2) is 12.6. The third kappa shape index (κ3) is 7.38. The van der Waals surface area contributed by atoms with Gasteiger partial charge in [0.25, 0.3) is 0 Å². The van der Waals surface area contributed by atoms with Gasteiger partial charge in [-0.15, -0.1) is 0 Å². The van der Waals surface area contributed by atoms with Crippen molar-refractivity contribution in [3.8, 4) is 5.75 Å². The van der Waals surface area contributed by atoms with Gasteiger partial charge in [-0.1, -0.05) is 6.07 Å². The SMILES string of the molecule is FC(F)(F)c1cccc(OC[C@@H](CC[C@@H]2[C@H]3CCO[C@H]3C[C@H]2OC2CCCCO2)OC2CCCCO2)c1. The topological polar surface area (TPSA) is 55.4 Å². The van der Waals surface area contributed by atoms with Crippen molar-refractivity contribution in [2.24, 2.45) is 11.8 Å². The van der Waals surface area contributed by atoms with Crippen LogP contribution in [0.3, 0.4) is 0 Å². The summed E-state index contributed by atoms with van der Waals surface area (Å²) in [5, 5.41) is 0. The second-order valence-corrected chi connectivity index (χ2v) is 10.7. The minimum atomic E-state index is -4.41. The van der Waals surface area contributed by atoms with Crippen LogP contribution in [0.4, 0.5) is 13.2 Å². The number of hydrogen-bond donors (Lipinski definition) is 0. The molecule has 1 aromatic rings. The molecule has 6 nitrogen and oxygen atoms in total. The molecule has 208 valence electrons. The predicted molar refractivity (Wildman–Crippen MR) is 129 cm³/mol. The van der Waals surface area contributed by atoms with E-state index in [9.17, 15) is 13.2 Å². The van der Waals surface area contributed by atoms with Gasteiger partial charge in [0.2, 0.25) is 0 Å². The van der Waals surface area contributed by atoms with Crippen molar-refractivity contribution in [2.75, 3.05) is 26.4 Å². The summed E-state index contributed by atoms with van der Waals surface area (Å²) in [7, 11) is 0. The first-order valence-corrected chi connectivity index (χ1v) is 13.9. The largest absolute Gasteiger partial charge is 0.491 e. The lowest BCUT2D eigenvalue weighted by Crippen LogP contribution is -2.34. The molecule has 1 aliphatic carbocycles. The molecule has 3 saturated heterocycles. The van der Waals surface area contributed by atoms with Crippen LogP contribution in [-0.4, -0.2) is 57.3 Å². The van der Waals surface area contributed by atoms with Crippen LogP contribution in [-0.2, 0) is 29.9 Å². The van der Waals surface area contributed by atoms with Crippen molar-refractivity contribution in [1.29, 1.82) is 0 Å². The van der Waals surface area contributed by atoms with Crippen molar-refractivity contribution >= 4 is 0 Å². The lowest BCUT2D eigenvalue weighted by atomic mass is 9.87. The van der Waals surface area contributed by atoms with Crippen LogP contribution in [0, 0.1) is 11.8 Å². The Balaban J connectivity index is 1.22. The van der Waals surface area contributed by atoms with Crippen molar-refractivity contribution < 1.29 is 41.6 Å². The number of benzene rings is 1. The lowest BCUT2D eigenvalue weighted by molar-refractivity contribution is -0.202. The van der Waals surface area contributed by atoms with Gasteiger partial charge < -0.3 is 28.4 Å². The number of halogens is 3. The molecule has 0 spiro atoms. The van der Waals surface area contributed by atoms with Gasteiger partial charge in [0.05, 0.1) is 23.9 Å². The molecule has 0 radical (unpaired) electrons. The fraction of sp³-hybridized carbons (Fsp3) is 0.786. The molecule has 0 amide bonds. The minimum Gasteiger partial charge on any atom is -0.491 e. The average molecular weight is 529 g/mol. The van der Waals surface area contributed by atoms with E-state index in [2.05, 4.69) is 0 Å². The highest BCUT2D eigenvalue weighted by atomic mass is 19.4. The third-order valence-corrected chi connectivity index (χ3v) is 8.12. The van der Waals surface area contributed by atoms with E-state index in [1.807, 2.05) is 0 Å². The Morgan fingerprint density at radius 3 is 2.43 bits per heavy atom. The Bertz CT molecular complexity index is 839. The number of ether oxygens (including phenoxy) is 6. The molecule has 9 heteroatoms. The molecule has 1 saturated carbocycles. The van der Waals surface area contributed by atoms with Gasteiger partial charge in [-0.3, -0.25) is 0 Å². The van der Waals surface area contributed by atoms with E-state index < -0.39 is 11.7 Å². The molecule has 2 unspecified atom stereocenters. The maximum atomic E-state index is 13.2. The molecular weight excluding hydrogens is 489 g/mol. The average Bonchev–Trinajstić information content (AvgIpc) is 3.48. The van der Waals surface area contributed by atoms with E-state index in [4.69, 9.17) is 28.4 Å². The smallest absolute Gasteiger partial charge is 0.416 e. The summed E-state index contributed by atoms with van der Waals surface area (Å²) < 4.78 is 75.7. The van der Waals surface area contributed by atoms with Crippen LogP contribution < -0.4 is 4.74 Å². The van der Waals surface area contributed by atoms with Crippen molar-refractivity contribution in [3.63, 3.8) is 0 Å². The van der Waals surface area contributed by atoms with Crippen LogP contribution in [0.5, 0.6) is 5.75 Å². The Kier molecular flexibility index (Phi) is 9.29. The van der Waals surface area contributed by atoms with Gasteiger partial charge in [-0.2, -0.15) is 13.2 Å². The number of rotatable bonds is 10. The fourth-order valence-corrected chi connectivity index (χ4v) is 6.20. The van der Waals surface area contributed by atoms with E-state index in [0.717, 1.165) is 83.1 Å². The minimum absolute atomic E-state index is 0.0781. The molecule has 4 fully saturated rings. The summed E-state index contributed by atoms with van der Waals surface area (Å²) in [6.07, 6.45) is 4.60. The fourth-order valence-electron chi connectivity index (χ4n) is 6.20. The molecule has 3 aliphatic heterocycles. The van der Waals surface area contributed by atoms with Crippen LogP contribution in [0.2, 0.25) is 0 Å². The van der Waals surface area contributed by atoms with Crippen LogP contribution in [0.25, 0.3) is 0 Å². The zero-order valence-electron chi connectivity index (χ0n) is 21.3. The maximum absolute atomic E-state index is 13.2. The first-order valence-electron chi connectivity index (χ1n) is 13.9. The first kappa shape index (κ1) is 27.2. The maximum Gasteiger partial charge on any atom is 0.416 e. The van der Waals surface area contributed by atoms with Gasteiger partial charge in [0, 0.05) is 26.2 Å². The quantitative estimate of drug-likeness (QED) is 0.365. The van der Waals surface area contributed by atoms with Crippen molar-refractivity contribution in [1.82, 2.24) is 0 Å². The van der Waals surface area contributed by atoms with E-state index in [-0.39, 0.29) is 43.2 Å². The molecule has 5 rings (SSSR count). The highest BCUT2D eigenvalue weighted by Crippen LogP contribution is 2.45. The van der Waals surface area contributed by atoms with Gasteiger partial charge in [-0.05, 0) is 87.8 Å². The number of alkyl halides is 3. The van der Waals surface area contributed by atoms with E-state index in [0.29, 0.717) is 24.9 Å². The standard InChI is InChI=1S/C28H39F3O6/c29-28(30,31)19-6-5-7-20(16-19)35-18-21(36-26-8-1-3-13-33-26)10-11-22-23-12-15-32-24(23)17-25(22)37-27-9-2-4-14-34-27/h5-7,16,21-27H,1-4,8-15,17-18H2/t21-,22-,23-,24+,25-,26?,27?/m1/s1. The Hall–Kier alpha value is -1.39. The zero-order chi connectivity index (χ0) is 25.7. The predicted octanol–water partition coefficient (Wildman–Crippen LogP) is 6.11. The van der Waals surface area contributed by atoms with E-state index in [1.54, 1.807) is 6.07 Å². The molecule has 0 aromatic heterocycles. The van der Waals surface area contributed by atoms with Crippen LogP contribution in [0.15, 0.2) is 24.3 Å². The van der Waals surface area contributed by atoms with Gasteiger partial charge >= 0.3 is 6.18 Å². The Morgan fingerprint density at radius 2 is 1.70 bits per heavy atom. The summed E-state index contributed by atoms with van der Waals surface area (Å²) in [5.74, 6) is 0.961. The molecule has 1 aromatic carbocycles. The highest BCUT2D eigenvalue weighted by molar-refractivity contribution is 5.30. The Morgan fingerprint density at radius 1 is 0.919 bits per heavy atom. The van der Waals surface area contributed by atoms with Crippen molar-refractivity contribution in [3.05, 3.63) is 29.8 Å².